The van der Waals surface area contributed by atoms with Crippen LogP contribution in [0.2, 0.25) is 10.0 Å². The zero-order chi connectivity index (χ0) is 21.0. The molecule has 1 N–H and O–H groups in total. The molecule has 6 nitrogen and oxygen atoms in total. The lowest BCUT2D eigenvalue weighted by atomic mass is 10.0. The number of carbonyl (C=O) groups is 2. The van der Waals surface area contributed by atoms with Gasteiger partial charge in [0.15, 0.2) is 11.5 Å². The van der Waals surface area contributed by atoms with Crippen molar-refractivity contribution in [2.24, 2.45) is 0 Å². The summed E-state index contributed by atoms with van der Waals surface area (Å²) in [6.45, 7) is 1.11. The van der Waals surface area contributed by atoms with Crippen LogP contribution in [0.15, 0.2) is 36.4 Å². The minimum Gasteiger partial charge on any atom is -0.493 e. The molecule has 0 bridgehead atoms. The van der Waals surface area contributed by atoms with Crippen molar-refractivity contribution in [3.05, 3.63) is 57.6 Å². The Hall–Kier alpha value is -2.44. The van der Waals surface area contributed by atoms with E-state index in [0.717, 1.165) is 0 Å². The van der Waals surface area contributed by atoms with Gasteiger partial charge in [-0.1, -0.05) is 23.2 Å². The number of carbonyl (C=O) groups excluding carboxylic acids is 2. The molecule has 0 unspecified atom stereocenters. The molecule has 154 valence electrons. The van der Waals surface area contributed by atoms with Gasteiger partial charge in [-0.3, -0.25) is 9.59 Å². The molecule has 0 spiro atoms. The number of nitrogens with zero attached hydrogens (tertiary/aromatic N) is 1. The number of benzene rings is 2. The second kappa shape index (κ2) is 9.37. The van der Waals surface area contributed by atoms with Crippen LogP contribution in [0.5, 0.6) is 11.5 Å². The Balaban J connectivity index is 1.58. The molecule has 1 aliphatic rings. The molecule has 0 saturated carbocycles. The third-order valence-corrected chi connectivity index (χ3v) is 5.67. The number of piperidine rings is 1. The normalized spacial score (nSPS) is 14.4. The molecule has 2 aromatic rings. The van der Waals surface area contributed by atoms with Gasteiger partial charge in [-0.15, -0.1) is 0 Å². The van der Waals surface area contributed by atoms with E-state index >= 15 is 0 Å². The summed E-state index contributed by atoms with van der Waals surface area (Å²) in [5.41, 5.74) is 1.00. The van der Waals surface area contributed by atoms with E-state index in [1.54, 1.807) is 48.4 Å². The Morgan fingerprint density at radius 1 is 0.931 bits per heavy atom. The fourth-order valence-corrected chi connectivity index (χ4v) is 3.58. The van der Waals surface area contributed by atoms with E-state index in [1.165, 1.54) is 7.11 Å². The minimum absolute atomic E-state index is 0.00796. The van der Waals surface area contributed by atoms with E-state index in [0.29, 0.717) is 58.6 Å². The van der Waals surface area contributed by atoms with Gasteiger partial charge < -0.3 is 19.7 Å². The van der Waals surface area contributed by atoms with Gasteiger partial charge in [-0.25, -0.2) is 0 Å². The van der Waals surface area contributed by atoms with Gasteiger partial charge in [-0.2, -0.15) is 0 Å². The second-order valence-corrected chi connectivity index (χ2v) is 7.55. The van der Waals surface area contributed by atoms with Gasteiger partial charge in [0.1, 0.15) is 0 Å². The highest BCUT2D eigenvalue weighted by atomic mass is 35.5. The average molecular weight is 437 g/mol. The first-order valence-corrected chi connectivity index (χ1v) is 9.95. The fourth-order valence-electron chi connectivity index (χ4n) is 3.28. The van der Waals surface area contributed by atoms with Gasteiger partial charge in [0, 0.05) is 30.3 Å². The zero-order valence-corrected chi connectivity index (χ0v) is 17.7. The highest BCUT2D eigenvalue weighted by molar-refractivity contribution is 6.42. The number of hydrogen-bond donors (Lipinski definition) is 1. The minimum atomic E-state index is -0.201. The zero-order valence-electron chi connectivity index (χ0n) is 16.2. The monoisotopic (exact) mass is 436 g/mol. The molecular formula is C21H22Cl2N2O4. The van der Waals surface area contributed by atoms with E-state index in [4.69, 9.17) is 32.7 Å². The highest BCUT2D eigenvalue weighted by Gasteiger charge is 2.25. The lowest BCUT2D eigenvalue weighted by Gasteiger charge is -2.32. The summed E-state index contributed by atoms with van der Waals surface area (Å²) in [6, 6.07) is 9.90. The summed E-state index contributed by atoms with van der Waals surface area (Å²) in [5, 5.41) is 3.75. The Kier molecular flexibility index (Phi) is 6.87. The van der Waals surface area contributed by atoms with Crippen LogP contribution in [0.4, 0.5) is 0 Å². The van der Waals surface area contributed by atoms with Gasteiger partial charge in [0.2, 0.25) is 0 Å². The maximum absolute atomic E-state index is 12.8. The van der Waals surface area contributed by atoms with Crippen molar-refractivity contribution in [2.45, 2.75) is 18.9 Å². The Morgan fingerprint density at radius 3 is 2.21 bits per heavy atom. The molecule has 1 heterocycles. The molecule has 1 fully saturated rings. The van der Waals surface area contributed by atoms with E-state index in [9.17, 15) is 9.59 Å². The standard InChI is InChI=1S/C21H22Cl2N2O4/c1-28-18-6-4-14(12-19(18)29-2)21(27)25-9-7-15(8-10-25)24-20(26)13-3-5-16(22)17(23)11-13/h3-6,11-12,15H,7-10H2,1-2H3,(H,24,26). The number of likely N-dealkylation sites (tertiary alicyclic amines) is 1. The first-order valence-electron chi connectivity index (χ1n) is 9.20. The Labute approximate surface area is 179 Å². The van der Waals surface area contributed by atoms with Crippen LogP contribution in [0.1, 0.15) is 33.6 Å². The largest absolute Gasteiger partial charge is 0.493 e. The molecule has 2 aromatic carbocycles. The van der Waals surface area contributed by atoms with Crippen molar-refractivity contribution >= 4 is 35.0 Å². The quantitative estimate of drug-likeness (QED) is 0.767. The third-order valence-electron chi connectivity index (χ3n) is 4.93. The van der Waals surface area contributed by atoms with E-state index in [1.807, 2.05) is 0 Å². The predicted molar refractivity (Wildman–Crippen MR) is 112 cm³/mol. The van der Waals surface area contributed by atoms with E-state index in [-0.39, 0.29) is 17.9 Å². The van der Waals surface area contributed by atoms with E-state index in [2.05, 4.69) is 5.32 Å². The number of amides is 2. The number of hydrogen-bond acceptors (Lipinski definition) is 4. The third kappa shape index (κ3) is 4.95. The first-order chi connectivity index (χ1) is 13.9. The van der Waals surface area contributed by atoms with Gasteiger partial charge in [0.05, 0.1) is 24.3 Å². The smallest absolute Gasteiger partial charge is 0.253 e. The van der Waals surface area contributed by atoms with Crippen molar-refractivity contribution < 1.29 is 19.1 Å². The molecular weight excluding hydrogens is 415 g/mol. The Bertz CT molecular complexity index is 912. The van der Waals surface area contributed by atoms with Gasteiger partial charge in [0.25, 0.3) is 11.8 Å². The number of ether oxygens (including phenoxy) is 2. The van der Waals surface area contributed by atoms with Crippen LogP contribution in [0, 0.1) is 0 Å². The lowest BCUT2D eigenvalue weighted by Crippen LogP contribution is -2.46. The SMILES string of the molecule is COc1ccc(C(=O)N2CCC(NC(=O)c3ccc(Cl)c(Cl)c3)CC2)cc1OC. The number of nitrogens with one attached hydrogen (secondary N) is 1. The van der Waals surface area contributed by atoms with E-state index < -0.39 is 0 Å². The van der Waals surface area contributed by atoms with Crippen LogP contribution in [-0.4, -0.2) is 50.1 Å². The molecule has 2 amide bonds. The van der Waals surface area contributed by atoms with Gasteiger partial charge >= 0.3 is 0 Å². The van der Waals surface area contributed by atoms with Crippen molar-refractivity contribution in [3.8, 4) is 11.5 Å². The molecule has 0 atom stereocenters. The number of rotatable bonds is 5. The summed E-state index contributed by atoms with van der Waals surface area (Å²) in [7, 11) is 3.09. The summed E-state index contributed by atoms with van der Waals surface area (Å²) < 4.78 is 10.5. The van der Waals surface area contributed by atoms with Gasteiger partial charge in [-0.05, 0) is 49.2 Å². The summed E-state index contributed by atoms with van der Waals surface area (Å²) in [4.78, 5) is 27.0. The molecule has 1 aliphatic heterocycles. The maximum atomic E-state index is 12.8. The maximum Gasteiger partial charge on any atom is 0.253 e. The van der Waals surface area contributed by atoms with Crippen molar-refractivity contribution in [3.63, 3.8) is 0 Å². The highest BCUT2D eigenvalue weighted by Crippen LogP contribution is 2.28. The first kappa shape index (κ1) is 21.3. The topological polar surface area (TPSA) is 67.9 Å². The summed E-state index contributed by atoms with van der Waals surface area (Å²) >= 11 is 11.9. The predicted octanol–water partition coefficient (Wildman–Crippen LogP) is 4.05. The average Bonchev–Trinajstić information content (AvgIpc) is 2.75. The van der Waals surface area contributed by atoms with Crippen LogP contribution in [0.25, 0.3) is 0 Å². The second-order valence-electron chi connectivity index (χ2n) is 6.74. The van der Waals surface area contributed by atoms with Crippen molar-refractivity contribution in [1.29, 1.82) is 0 Å². The van der Waals surface area contributed by atoms with Crippen molar-refractivity contribution in [2.75, 3.05) is 27.3 Å². The van der Waals surface area contributed by atoms with Crippen LogP contribution in [-0.2, 0) is 0 Å². The van der Waals surface area contributed by atoms with Crippen LogP contribution in [0.3, 0.4) is 0 Å². The van der Waals surface area contributed by atoms with Crippen molar-refractivity contribution in [1.82, 2.24) is 10.2 Å². The lowest BCUT2D eigenvalue weighted by molar-refractivity contribution is 0.0697. The summed E-state index contributed by atoms with van der Waals surface area (Å²) in [6.07, 6.45) is 1.35. The molecule has 0 radical (unpaired) electrons. The molecule has 3 rings (SSSR count). The molecule has 29 heavy (non-hydrogen) atoms. The molecule has 8 heteroatoms. The number of halogens is 2. The molecule has 0 aliphatic carbocycles. The Morgan fingerprint density at radius 2 is 1.59 bits per heavy atom. The molecule has 1 saturated heterocycles. The number of methoxy groups -OCH3 is 2. The van der Waals surface area contributed by atoms with Crippen LogP contribution < -0.4 is 14.8 Å². The fraction of sp³-hybridized carbons (Fsp3) is 0.333. The molecule has 0 aromatic heterocycles. The summed E-state index contributed by atoms with van der Waals surface area (Å²) in [5.74, 6) is 0.823. The van der Waals surface area contributed by atoms with Crippen LogP contribution >= 0.6 is 23.2 Å².